The third-order valence-electron chi connectivity index (χ3n) is 3.80. The van der Waals surface area contributed by atoms with E-state index >= 15 is 0 Å². The van der Waals surface area contributed by atoms with Crippen molar-refractivity contribution in [3.05, 3.63) is 28.8 Å². The molecule has 0 radical (unpaired) electrons. The van der Waals surface area contributed by atoms with Gasteiger partial charge >= 0.3 is 0 Å². The lowest BCUT2D eigenvalue weighted by Crippen LogP contribution is -2.37. The van der Waals surface area contributed by atoms with Crippen molar-refractivity contribution >= 4 is 23.2 Å². The van der Waals surface area contributed by atoms with Crippen LogP contribution in [0.15, 0.2) is 18.2 Å². The van der Waals surface area contributed by atoms with Gasteiger partial charge in [-0.05, 0) is 37.5 Å². The molecule has 1 atom stereocenters. The summed E-state index contributed by atoms with van der Waals surface area (Å²) in [5.41, 5.74) is 6.76. The van der Waals surface area contributed by atoms with Crippen molar-refractivity contribution in [2.24, 2.45) is 0 Å². The molecule has 3 rings (SSSR count). The molecule has 102 valence electrons. The minimum atomic E-state index is -0.0863. The first-order chi connectivity index (χ1) is 9.11. The lowest BCUT2D eigenvalue weighted by Gasteiger charge is -2.16. The van der Waals surface area contributed by atoms with Crippen molar-refractivity contribution in [1.82, 2.24) is 10.2 Å². The summed E-state index contributed by atoms with van der Waals surface area (Å²) in [6.07, 6.45) is 3.65. The normalized spacial score (nSPS) is 23.5. The predicted octanol–water partition coefficient (Wildman–Crippen LogP) is 1.89. The van der Waals surface area contributed by atoms with Gasteiger partial charge in [-0.2, -0.15) is 0 Å². The van der Waals surface area contributed by atoms with Crippen LogP contribution in [0.5, 0.6) is 0 Å². The van der Waals surface area contributed by atoms with Gasteiger partial charge in [-0.1, -0.05) is 11.6 Å². The third kappa shape index (κ3) is 3.01. The van der Waals surface area contributed by atoms with Crippen LogP contribution in [0.1, 0.15) is 29.6 Å². The Morgan fingerprint density at radius 2 is 2.11 bits per heavy atom. The molecule has 1 aliphatic carbocycles. The van der Waals surface area contributed by atoms with E-state index in [0.29, 0.717) is 16.3 Å². The maximum absolute atomic E-state index is 12.2. The van der Waals surface area contributed by atoms with E-state index in [4.69, 9.17) is 17.3 Å². The van der Waals surface area contributed by atoms with Crippen molar-refractivity contribution in [3.8, 4) is 0 Å². The number of carbonyl (C=O) groups is 1. The number of likely N-dealkylation sites (tertiary alicyclic amines) is 1. The number of hydrogen-bond donors (Lipinski definition) is 2. The summed E-state index contributed by atoms with van der Waals surface area (Å²) in [7, 11) is 0. The Morgan fingerprint density at radius 1 is 1.32 bits per heavy atom. The summed E-state index contributed by atoms with van der Waals surface area (Å²) in [6, 6.07) is 5.97. The van der Waals surface area contributed by atoms with Gasteiger partial charge in [0.25, 0.3) is 5.91 Å². The zero-order valence-electron chi connectivity index (χ0n) is 10.7. The Balaban J connectivity index is 1.61. The Kier molecular flexibility index (Phi) is 3.37. The van der Waals surface area contributed by atoms with Crippen LogP contribution >= 0.6 is 11.6 Å². The summed E-state index contributed by atoms with van der Waals surface area (Å²) in [4.78, 5) is 14.6. The standard InChI is InChI=1S/C14H18ClN3O/c15-10-5-9(6-11(16)7-10)14(19)17-12-3-4-18(8-12)13-1-2-13/h5-7,12-13H,1-4,8,16H2,(H,17,19). The molecule has 5 heteroatoms. The van der Waals surface area contributed by atoms with Crippen molar-refractivity contribution < 1.29 is 4.79 Å². The molecule has 1 heterocycles. The van der Waals surface area contributed by atoms with Gasteiger partial charge in [-0.25, -0.2) is 0 Å². The smallest absolute Gasteiger partial charge is 0.251 e. The number of carbonyl (C=O) groups excluding carboxylic acids is 1. The predicted molar refractivity (Wildman–Crippen MR) is 76.3 cm³/mol. The molecule has 0 aromatic heterocycles. The number of nitrogens with two attached hydrogens (primary N) is 1. The Hall–Kier alpha value is -1.26. The highest BCUT2D eigenvalue weighted by Crippen LogP contribution is 2.29. The van der Waals surface area contributed by atoms with E-state index in [1.165, 1.54) is 12.8 Å². The van der Waals surface area contributed by atoms with E-state index in [2.05, 4.69) is 10.2 Å². The maximum atomic E-state index is 12.2. The highest BCUT2D eigenvalue weighted by Gasteiger charge is 2.34. The molecule has 1 amide bonds. The second-order valence-electron chi connectivity index (χ2n) is 5.46. The number of nitrogen functional groups attached to an aromatic ring is 1. The van der Waals surface area contributed by atoms with Gasteiger partial charge in [0.1, 0.15) is 0 Å². The van der Waals surface area contributed by atoms with Gasteiger partial charge < -0.3 is 11.1 Å². The number of amides is 1. The van der Waals surface area contributed by atoms with E-state index in [0.717, 1.165) is 25.6 Å². The average Bonchev–Trinajstić information content (AvgIpc) is 3.09. The molecule has 1 unspecified atom stereocenters. The van der Waals surface area contributed by atoms with Gasteiger partial charge in [-0.3, -0.25) is 9.69 Å². The van der Waals surface area contributed by atoms with Crippen molar-refractivity contribution in [3.63, 3.8) is 0 Å². The van der Waals surface area contributed by atoms with Gasteiger partial charge in [0, 0.05) is 41.4 Å². The lowest BCUT2D eigenvalue weighted by molar-refractivity contribution is 0.0937. The van der Waals surface area contributed by atoms with Crippen molar-refractivity contribution in [2.45, 2.75) is 31.3 Å². The van der Waals surface area contributed by atoms with E-state index in [1.54, 1.807) is 18.2 Å². The highest BCUT2D eigenvalue weighted by atomic mass is 35.5. The van der Waals surface area contributed by atoms with E-state index in [9.17, 15) is 4.79 Å². The zero-order chi connectivity index (χ0) is 13.4. The summed E-state index contributed by atoms with van der Waals surface area (Å²) < 4.78 is 0. The average molecular weight is 280 g/mol. The monoisotopic (exact) mass is 279 g/mol. The molecule has 0 bridgehead atoms. The van der Waals surface area contributed by atoms with Crippen LogP contribution in [0, 0.1) is 0 Å². The fourth-order valence-corrected chi connectivity index (χ4v) is 2.93. The SMILES string of the molecule is Nc1cc(Cl)cc(C(=O)NC2CCN(C3CC3)C2)c1. The third-order valence-corrected chi connectivity index (χ3v) is 4.02. The van der Waals surface area contributed by atoms with E-state index in [-0.39, 0.29) is 11.9 Å². The number of rotatable bonds is 3. The summed E-state index contributed by atoms with van der Waals surface area (Å²) in [5.74, 6) is -0.0863. The molecule has 1 saturated carbocycles. The zero-order valence-corrected chi connectivity index (χ0v) is 11.5. The Labute approximate surface area is 117 Å². The first-order valence-electron chi connectivity index (χ1n) is 6.73. The molecule has 2 fully saturated rings. The van der Waals surface area contributed by atoms with Crippen LogP contribution in [0.2, 0.25) is 5.02 Å². The highest BCUT2D eigenvalue weighted by molar-refractivity contribution is 6.31. The molecule has 3 N–H and O–H groups in total. The topological polar surface area (TPSA) is 58.4 Å². The first-order valence-corrected chi connectivity index (χ1v) is 7.10. The Morgan fingerprint density at radius 3 is 2.79 bits per heavy atom. The van der Waals surface area contributed by atoms with Crippen molar-refractivity contribution in [1.29, 1.82) is 0 Å². The lowest BCUT2D eigenvalue weighted by atomic mass is 10.1. The number of hydrogen-bond acceptors (Lipinski definition) is 3. The minimum Gasteiger partial charge on any atom is -0.399 e. The summed E-state index contributed by atoms with van der Waals surface area (Å²) in [6.45, 7) is 2.06. The fraction of sp³-hybridized carbons (Fsp3) is 0.500. The second kappa shape index (κ2) is 5.02. The number of halogens is 1. The van der Waals surface area contributed by atoms with Gasteiger partial charge in [0.15, 0.2) is 0 Å². The summed E-state index contributed by atoms with van der Waals surface area (Å²) >= 11 is 5.92. The van der Waals surface area contributed by atoms with Gasteiger partial charge in [0.05, 0.1) is 0 Å². The molecule has 2 aliphatic rings. The van der Waals surface area contributed by atoms with Crippen LogP contribution in [0.4, 0.5) is 5.69 Å². The molecule has 0 spiro atoms. The Bertz CT molecular complexity index is 481. The second-order valence-corrected chi connectivity index (χ2v) is 5.89. The molecule has 1 aromatic rings. The molecule has 1 aliphatic heterocycles. The number of nitrogens with zero attached hydrogens (tertiary/aromatic N) is 1. The van der Waals surface area contributed by atoms with E-state index in [1.807, 2.05) is 0 Å². The van der Waals surface area contributed by atoms with E-state index < -0.39 is 0 Å². The number of benzene rings is 1. The molecule has 4 nitrogen and oxygen atoms in total. The van der Waals surface area contributed by atoms with Crippen molar-refractivity contribution in [2.75, 3.05) is 18.8 Å². The van der Waals surface area contributed by atoms with Crippen LogP contribution in [-0.2, 0) is 0 Å². The first kappa shape index (κ1) is 12.8. The van der Waals surface area contributed by atoms with Crippen LogP contribution < -0.4 is 11.1 Å². The number of anilines is 1. The van der Waals surface area contributed by atoms with Gasteiger partial charge in [-0.15, -0.1) is 0 Å². The summed E-state index contributed by atoms with van der Waals surface area (Å²) in [5, 5.41) is 3.56. The fourth-order valence-electron chi connectivity index (χ4n) is 2.69. The van der Waals surface area contributed by atoms with Gasteiger partial charge in [0.2, 0.25) is 0 Å². The minimum absolute atomic E-state index is 0.0863. The number of nitrogens with one attached hydrogen (secondary N) is 1. The molecular weight excluding hydrogens is 262 g/mol. The molecule has 1 aromatic carbocycles. The van der Waals surface area contributed by atoms with Crippen LogP contribution in [0.3, 0.4) is 0 Å². The maximum Gasteiger partial charge on any atom is 0.251 e. The molecule has 1 saturated heterocycles. The van der Waals surface area contributed by atoms with Crippen LogP contribution in [-0.4, -0.2) is 36.0 Å². The molecular formula is C14H18ClN3O. The van der Waals surface area contributed by atoms with Crippen LogP contribution in [0.25, 0.3) is 0 Å². The quantitative estimate of drug-likeness (QED) is 0.831. The largest absolute Gasteiger partial charge is 0.399 e. The molecule has 19 heavy (non-hydrogen) atoms.